The van der Waals surface area contributed by atoms with Gasteiger partial charge in [-0.2, -0.15) is 0 Å². The molecule has 25 heavy (non-hydrogen) atoms. The number of rotatable bonds is 6. The fourth-order valence-corrected chi connectivity index (χ4v) is 2.82. The number of carbonyl (C=O) groups excluding carboxylic acids is 1. The largest absolute Gasteiger partial charge is 0.493 e. The first-order valence-corrected chi connectivity index (χ1v) is 8.12. The zero-order valence-electron chi connectivity index (χ0n) is 14.3. The lowest BCUT2D eigenvalue weighted by atomic mass is 10.1. The third kappa shape index (κ3) is 4.17. The Bertz CT molecular complexity index is 724. The predicted molar refractivity (Wildman–Crippen MR) is 90.9 cm³/mol. The van der Waals surface area contributed by atoms with Crippen molar-refractivity contribution in [3.63, 3.8) is 0 Å². The summed E-state index contributed by atoms with van der Waals surface area (Å²) in [5.41, 5.74) is 0.887. The molecule has 2 heterocycles. The van der Waals surface area contributed by atoms with E-state index in [1.165, 1.54) is 0 Å². The van der Waals surface area contributed by atoms with Crippen molar-refractivity contribution >= 4 is 5.91 Å². The minimum absolute atomic E-state index is 0.0623. The number of hydrogen-bond acceptors (Lipinski definition) is 6. The Hall–Kier alpha value is -2.83. The van der Waals surface area contributed by atoms with Gasteiger partial charge in [0.2, 0.25) is 5.91 Å². The molecule has 1 aromatic carbocycles. The van der Waals surface area contributed by atoms with Gasteiger partial charge in [0.15, 0.2) is 11.5 Å². The minimum atomic E-state index is -0.0725. The number of hydrogen-bond donors (Lipinski definition) is 0. The number of carbonyl (C=O) groups is 1. The summed E-state index contributed by atoms with van der Waals surface area (Å²) in [6, 6.07) is 7.60. The number of aromatic nitrogens is 2. The van der Waals surface area contributed by atoms with Crippen LogP contribution in [0, 0.1) is 0 Å². The van der Waals surface area contributed by atoms with Crippen molar-refractivity contribution in [2.45, 2.75) is 18.9 Å². The molecule has 0 bridgehead atoms. The van der Waals surface area contributed by atoms with Gasteiger partial charge in [0.05, 0.1) is 27.2 Å². The second-order valence-corrected chi connectivity index (χ2v) is 5.77. The molecule has 1 atom stereocenters. The predicted octanol–water partition coefficient (Wildman–Crippen LogP) is 1.72. The standard InChI is InChI=1S/C18H21N3O4/c1-23-15-5-4-13(10-16(15)24-2)11-17(22)21-9-6-14(12-21)25-18-19-7-3-8-20-18/h3-5,7-8,10,14H,6,9,11-12H2,1-2H3/t14-/m0/s1. The van der Waals surface area contributed by atoms with Crippen molar-refractivity contribution < 1.29 is 19.0 Å². The maximum Gasteiger partial charge on any atom is 0.316 e. The van der Waals surface area contributed by atoms with Gasteiger partial charge in [0, 0.05) is 25.4 Å². The van der Waals surface area contributed by atoms with Crippen LogP contribution in [0.2, 0.25) is 0 Å². The second-order valence-electron chi connectivity index (χ2n) is 5.77. The summed E-state index contributed by atoms with van der Waals surface area (Å²) in [5.74, 6) is 1.33. The first-order valence-electron chi connectivity index (χ1n) is 8.12. The molecule has 1 amide bonds. The lowest BCUT2D eigenvalue weighted by Gasteiger charge is -2.17. The molecule has 0 unspecified atom stereocenters. The van der Waals surface area contributed by atoms with Crippen LogP contribution in [-0.2, 0) is 11.2 Å². The molecule has 0 saturated carbocycles. The first-order chi connectivity index (χ1) is 12.2. The molecule has 1 aromatic heterocycles. The smallest absolute Gasteiger partial charge is 0.316 e. The summed E-state index contributed by atoms with van der Waals surface area (Å²) in [5, 5.41) is 0. The van der Waals surface area contributed by atoms with Crippen LogP contribution in [0.3, 0.4) is 0 Å². The number of nitrogens with zero attached hydrogens (tertiary/aromatic N) is 3. The van der Waals surface area contributed by atoms with Gasteiger partial charge in [-0.15, -0.1) is 0 Å². The van der Waals surface area contributed by atoms with Gasteiger partial charge in [-0.25, -0.2) is 9.97 Å². The molecule has 3 rings (SSSR count). The van der Waals surface area contributed by atoms with E-state index in [9.17, 15) is 4.79 Å². The number of amides is 1. The quantitative estimate of drug-likeness (QED) is 0.795. The molecule has 0 N–H and O–H groups in total. The van der Waals surface area contributed by atoms with Crippen LogP contribution in [0.25, 0.3) is 0 Å². The summed E-state index contributed by atoms with van der Waals surface area (Å²) in [6.45, 7) is 1.22. The monoisotopic (exact) mass is 343 g/mol. The SMILES string of the molecule is COc1ccc(CC(=O)N2CC[C@H](Oc3ncccn3)C2)cc1OC. The van der Waals surface area contributed by atoms with E-state index in [0.29, 0.717) is 37.0 Å². The van der Waals surface area contributed by atoms with Crippen LogP contribution in [0.4, 0.5) is 0 Å². The zero-order valence-corrected chi connectivity index (χ0v) is 14.3. The fourth-order valence-electron chi connectivity index (χ4n) is 2.82. The van der Waals surface area contributed by atoms with Crippen molar-refractivity contribution in [3.8, 4) is 17.5 Å². The maximum atomic E-state index is 12.5. The van der Waals surface area contributed by atoms with E-state index < -0.39 is 0 Å². The average Bonchev–Trinajstić information content (AvgIpc) is 3.11. The molecule has 132 valence electrons. The number of ether oxygens (including phenoxy) is 3. The van der Waals surface area contributed by atoms with Crippen LogP contribution < -0.4 is 14.2 Å². The zero-order chi connectivity index (χ0) is 17.6. The summed E-state index contributed by atoms with van der Waals surface area (Å²) in [4.78, 5) is 22.4. The van der Waals surface area contributed by atoms with E-state index in [1.807, 2.05) is 23.1 Å². The van der Waals surface area contributed by atoms with Crippen LogP contribution in [-0.4, -0.2) is 54.2 Å². The highest BCUT2D eigenvalue weighted by molar-refractivity contribution is 5.79. The Morgan fingerprint density at radius 2 is 1.96 bits per heavy atom. The van der Waals surface area contributed by atoms with E-state index in [-0.39, 0.29) is 12.0 Å². The molecule has 7 nitrogen and oxygen atoms in total. The van der Waals surface area contributed by atoms with Crippen LogP contribution in [0.15, 0.2) is 36.7 Å². The van der Waals surface area contributed by atoms with Crippen LogP contribution in [0.1, 0.15) is 12.0 Å². The molecule has 0 radical (unpaired) electrons. The van der Waals surface area contributed by atoms with Gasteiger partial charge < -0.3 is 19.1 Å². The lowest BCUT2D eigenvalue weighted by Crippen LogP contribution is -2.32. The van der Waals surface area contributed by atoms with Gasteiger partial charge >= 0.3 is 6.01 Å². The lowest BCUT2D eigenvalue weighted by molar-refractivity contribution is -0.129. The summed E-state index contributed by atoms with van der Waals surface area (Å²) < 4.78 is 16.2. The summed E-state index contributed by atoms with van der Waals surface area (Å²) >= 11 is 0. The van der Waals surface area contributed by atoms with Gasteiger partial charge in [-0.05, 0) is 23.8 Å². The summed E-state index contributed by atoms with van der Waals surface area (Å²) in [7, 11) is 3.17. The van der Waals surface area contributed by atoms with Crippen LogP contribution >= 0.6 is 0 Å². The highest BCUT2D eigenvalue weighted by Gasteiger charge is 2.28. The number of benzene rings is 1. The Labute approximate surface area is 146 Å². The molecule has 7 heteroatoms. The second kappa shape index (κ2) is 7.83. The molecule has 1 aliphatic heterocycles. The molecule has 1 saturated heterocycles. The van der Waals surface area contributed by atoms with E-state index in [2.05, 4.69) is 9.97 Å². The highest BCUT2D eigenvalue weighted by atomic mass is 16.5. The highest BCUT2D eigenvalue weighted by Crippen LogP contribution is 2.28. The van der Waals surface area contributed by atoms with Crippen molar-refractivity contribution in [2.24, 2.45) is 0 Å². The fraction of sp³-hybridized carbons (Fsp3) is 0.389. The maximum absolute atomic E-state index is 12.5. The molecule has 1 aliphatic rings. The third-order valence-corrected chi connectivity index (χ3v) is 4.12. The Kier molecular flexibility index (Phi) is 5.33. The molecule has 0 spiro atoms. The number of likely N-dealkylation sites (tertiary alicyclic amines) is 1. The van der Waals surface area contributed by atoms with Gasteiger partial charge in [0.1, 0.15) is 6.10 Å². The van der Waals surface area contributed by atoms with Crippen LogP contribution in [0.5, 0.6) is 17.5 Å². The van der Waals surface area contributed by atoms with Crippen molar-refractivity contribution in [3.05, 3.63) is 42.2 Å². The van der Waals surface area contributed by atoms with Crippen molar-refractivity contribution in [2.75, 3.05) is 27.3 Å². The molecular formula is C18H21N3O4. The third-order valence-electron chi connectivity index (χ3n) is 4.12. The van der Waals surface area contributed by atoms with E-state index >= 15 is 0 Å². The molecule has 0 aliphatic carbocycles. The molecule has 2 aromatic rings. The Balaban J connectivity index is 1.57. The average molecular weight is 343 g/mol. The topological polar surface area (TPSA) is 73.8 Å². The Morgan fingerprint density at radius 1 is 1.20 bits per heavy atom. The van der Waals surface area contributed by atoms with Gasteiger partial charge in [-0.1, -0.05) is 6.07 Å². The van der Waals surface area contributed by atoms with Gasteiger partial charge in [-0.3, -0.25) is 4.79 Å². The van der Waals surface area contributed by atoms with E-state index in [4.69, 9.17) is 14.2 Å². The van der Waals surface area contributed by atoms with Gasteiger partial charge in [0.25, 0.3) is 0 Å². The normalized spacial score (nSPS) is 16.6. The van der Waals surface area contributed by atoms with Crippen molar-refractivity contribution in [1.29, 1.82) is 0 Å². The minimum Gasteiger partial charge on any atom is -0.493 e. The van der Waals surface area contributed by atoms with Crippen molar-refractivity contribution in [1.82, 2.24) is 14.9 Å². The molecular weight excluding hydrogens is 322 g/mol. The van der Waals surface area contributed by atoms with E-state index in [0.717, 1.165) is 12.0 Å². The first kappa shape index (κ1) is 17.0. The molecule has 1 fully saturated rings. The number of methoxy groups -OCH3 is 2. The summed E-state index contributed by atoms with van der Waals surface area (Å²) in [6.07, 6.45) is 4.29. The Morgan fingerprint density at radius 3 is 2.68 bits per heavy atom. The van der Waals surface area contributed by atoms with E-state index in [1.54, 1.807) is 32.7 Å².